The first-order valence-corrected chi connectivity index (χ1v) is 39.4. The first-order chi connectivity index (χ1) is 43.0. The van der Waals surface area contributed by atoms with Crippen LogP contribution in [0.4, 0.5) is 0 Å². The van der Waals surface area contributed by atoms with Crippen LogP contribution in [0.3, 0.4) is 0 Å². The fourth-order valence-corrected chi connectivity index (χ4v) is 12.3. The quantitative estimate of drug-likeness (QED) is 0.0320. The number of amides is 1. The second-order valence-electron chi connectivity index (χ2n) is 27.0. The molecule has 0 fully saturated rings. The number of rotatable bonds is 74. The molecule has 0 aromatic rings. The number of esters is 1. The van der Waals surface area contributed by atoms with Crippen LogP contribution in [0, 0.1) is 0 Å². The Bertz CT molecular complexity index is 1450. The van der Waals surface area contributed by atoms with Gasteiger partial charge in [-0.1, -0.05) is 377 Å². The molecule has 2 atom stereocenters. The first kappa shape index (κ1) is 84.8. The third kappa shape index (κ3) is 72.8. The van der Waals surface area contributed by atoms with E-state index in [1.165, 1.54) is 353 Å². The number of aliphatic hydroxyl groups is 2. The Morgan fingerprint density at radius 1 is 0.322 bits per heavy atom. The number of carbonyl (C=O) groups excluding carboxylic acids is 2. The van der Waals surface area contributed by atoms with E-state index < -0.39 is 12.1 Å². The van der Waals surface area contributed by atoms with Gasteiger partial charge in [0, 0.05) is 12.8 Å². The van der Waals surface area contributed by atoms with Crippen LogP contribution < -0.4 is 5.32 Å². The van der Waals surface area contributed by atoms with Crippen molar-refractivity contribution in [2.24, 2.45) is 0 Å². The molecule has 0 spiro atoms. The summed E-state index contributed by atoms with van der Waals surface area (Å²) in [5.41, 5.74) is 0. The number of allylic oxidation sites excluding steroid dienone is 7. The van der Waals surface area contributed by atoms with Gasteiger partial charge < -0.3 is 20.3 Å². The van der Waals surface area contributed by atoms with E-state index in [9.17, 15) is 19.8 Å². The summed E-state index contributed by atoms with van der Waals surface area (Å²) in [5, 5.41) is 23.2. The summed E-state index contributed by atoms with van der Waals surface area (Å²) in [7, 11) is 0. The lowest BCUT2D eigenvalue weighted by Gasteiger charge is -2.20. The number of hydrogen-bond donors (Lipinski definition) is 3. The second-order valence-corrected chi connectivity index (χ2v) is 27.0. The Morgan fingerprint density at radius 3 is 0.908 bits per heavy atom. The lowest BCUT2D eigenvalue weighted by molar-refractivity contribution is -0.143. The SMILES string of the molecule is CCCCC/C=C\C/C=C\CCCCCCCC(=O)OCCCCCCCCCCCCCCCCCCCC/C=C\CCCCCCCCCCCCCCCCCCCC(=O)NC(CO)C(O)/C=C/CCCCCCCCCCCCCCCC. The van der Waals surface area contributed by atoms with Crippen molar-refractivity contribution < 1.29 is 24.5 Å². The molecule has 0 bridgehead atoms. The van der Waals surface area contributed by atoms with Crippen LogP contribution in [-0.2, 0) is 14.3 Å². The predicted octanol–water partition coefficient (Wildman–Crippen LogP) is 26.0. The van der Waals surface area contributed by atoms with Gasteiger partial charge in [-0.05, 0) is 89.9 Å². The molecule has 0 radical (unpaired) electrons. The van der Waals surface area contributed by atoms with E-state index in [-0.39, 0.29) is 18.5 Å². The van der Waals surface area contributed by atoms with Gasteiger partial charge in [0.25, 0.3) is 0 Å². The molecule has 0 rings (SSSR count). The van der Waals surface area contributed by atoms with E-state index in [1.54, 1.807) is 6.08 Å². The summed E-state index contributed by atoms with van der Waals surface area (Å²) in [6.45, 7) is 4.91. The molecular formula is C81H153NO5. The molecule has 6 heteroatoms. The van der Waals surface area contributed by atoms with Gasteiger partial charge >= 0.3 is 5.97 Å². The van der Waals surface area contributed by atoms with Gasteiger partial charge in [0.05, 0.1) is 25.4 Å². The Morgan fingerprint density at radius 2 is 0.575 bits per heavy atom. The van der Waals surface area contributed by atoms with Gasteiger partial charge in [0.1, 0.15) is 0 Å². The fraction of sp³-hybridized carbons (Fsp3) is 0.877. The highest BCUT2D eigenvalue weighted by molar-refractivity contribution is 5.76. The second kappa shape index (κ2) is 76.3. The van der Waals surface area contributed by atoms with Crippen molar-refractivity contribution in [3.63, 3.8) is 0 Å². The molecular weight excluding hydrogens is 1070 g/mol. The molecule has 0 saturated heterocycles. The Kier molecular flexibility index (Phi) is 74.4. The van der Waals surface area contributed by atoms with Gasteiger partial charge in [-0.3, -0.25) is 9.59 Å². The Hall–Kier alpha value is -2.18. The predicted molar refractivity (Wildman–Crippen MR) is 384 cm³/mol. The molecule has 0 aliphatic heterocycles. The normalized spacial score (nSPS) is 12.7. The highest BCUT2D eigenvalue weighted by atomic mass is 16.5. The van der Waals surface area contributed by atoms with Crippen molar-refractivity contribution in [3.05, 3.63) is 48.6 Å². The van der Waals surface area contributed by atoms with Gasteiger partial charge in [-0.25, -0.2) is 0 Å². The van der Waals surface area contributed by atoms with Crippen LogP contribution in [0.1, 0.15) is 431 Å². The highest BCUT2D eigenvalue weighted by Gasteiger charge is 2.18. The topological polar surface area (TPSA) is 95.9 Å². The van der Waals surface area contributed by atoms with Crippen LogP contribution in [0.25, 0.3) is 0 Å². The van der Waals surface area contributed by atoms with Crippen LogP contribution >= 0.6 is 0 Å². The summed E-state index contributed by atoms with van der Waals surface area (Å²) in [6, 6.07) is -0.625. The highest BCUT2D eigenvalue weighted by Crippen LogP contribution is 2.19. The van der Waals surface area contributed by atoms with E-state index in [2.05, 4.69) is 55.6 Å². The molecule has 0 saturated carbocycles. The molecule has 6 nitrogen and oxygen atoms in total. The zero-order chi connectivity index (χ0) is 62.8. The zero-order valence-electron chi connectivity index (χ0n) is 58.8. The van der Waals surface area contributed by atoms with Crippen LogP contribution in [0.5, 0.6) is 0 Å². The molecule has 0 heterocycles. The van der Waals surface area contributed by atoms with Crippen LogP contribution in [0.2, 0.25) is 0 Å². The number of ether oxygens (including phenoxy) is 1. The fourth-order valence-electron chi connectivity index (χ4n) is 12.3. The van der Waals surface area contributed by atoms with E-state index >= 15 is 0 Å². The standard InChI is InChI=1S/C81H153NO5/c1-3-5-7-9-11-13-15-17-19-46-49-53-57-61-65-69-73-79(84)78(77-83)82-80(85)74-70-66-62-58-54-50-47-43-41-39-37-35-33-31-29-27-25-23-21-20-22-24-26-28-30-32-34-36-38-40-42-44-48-52-56-60-64-68-72-76-87-81(86)75-71-67-63-59-55-51-45-18-16-14-12-10-8-6-4-2/h12,14,18,20-21,45,69,73,78-79,83-84H,3-11,13,15-17,19,22-44,46-68,70-72,74-77H2,1-2H3,(H,82,85)/b14-12-,21-20-,45-18-,73-69+. The molecule has 0 aliphatic carbocycles. The van der Waals surface area contributed by atoms with Crippen molar-refractivity contribution in [2.45, 2.75) is 443 Å². The smallest absolute Gasteiger partial charge is 0.305 e. The van der Waals surface area contributed by atoms with Gasteiger partial charge in [-0.2, -0.15) is 0 Å². The largest absolute Gasteiger partial charge is 0.466 e. The number of unbranched alkanes of at least 4 members (excludes halogenated alkanes) is 57. The van der Waals surface area contributed by atoms with Crippen molar-refractivity contribution in [2.75, 3.05) is 13.2 Å². The van der Waals surface area contributed by atoms with Gasteiger partial charge in [0.15, 0.2) is 0 Å². The molecule has 1 amide bonds. The summed E-state index contributed by atoms with van der Waals surface area (Å²) in [4.78, 5) is 24.6. The van der Waals surface area contributed by atoms with Crippen molar-refractivity contribution >= 4 is 11.9 Å². The maximum absolute atomic E-state index is 12.5. The maximum atomic E-state index is 12.5. The van der Waals surface area contributed by atoms with Crippen LogP contribution in [0.15, 0.2) is 48.6 Å². The molecule has 87 heavy (non-hydrogen) atoms. The van der Waals surface area contributed by atoms with Gasteiger partial charge in [0.2, 0.25) is 5.91 Å². The lowest BCUT2D eigenvalue weighted by Crippen LogP contribution is -2.45. The van der Waals surface area contributed by atoms with Crippen molar-refractivity contribution in [3.8, 4) is 0 Å². The molecule has 0 aromatic carbocycles. The van der Waals surface area contributed by atoms with E-state index in [0.29, 0.717) is 19.4 Å². The lowest BCUT2D eigenvalue weighted by atomic mass is 10.0. The minimum Gasteiger partial charge on any atom is -0.466 e. The van der Waals surface area contributed by atoms with E-state index in [0.717, 1.165) is 51.4 Å². The minimum atomic E-state index is -0.842. The van der Waals surface area contributed by atoms with Gasteiger partial charge in [-0.15, -0.1) is 0 Å². The van der Waals surface area contributed by atoms with Crippen molar-refractivity contribution in [1.82, 2.24) is 5.32 Å². The monoisotopic (exact) mass is 1220 g/mol. The van der Waals surface area contributed by atoms with Crippen molar-refractivity contribution in [1.29, 1.82) is 0 Å². The Balaban J connectivity index is 3.34. The summed E-state index contributed by atoms with van der Waals surface area (Å²) in [6.07, 6.45) is 101. The summed E-state index contributed by atoms with van der Waals surface area (Å²) < 4.78 is 5.49. The number of hydrogen-bond acceptors (Lipinski definition) is 5. The third-order valence-corrected chi connectivity index (χ3v) is 18.3. The zero-order valence-corrected chi connectivity index (χ0v) is 58.8. The number of nitrogens with one attached hydrogen (secondary N) is 1. The average Bonchev–Trinajstić information content (AvgIpc) is 3.53. The third-order valence-electron chi connectivity index (χ3n) is 18.3. The molecule has 2 unspecified atom stereocenters. The average molecular weight is 1220 g/mol. The number of aliphatic hydroxyl groups excluding tert-OH is 2. The van der Waals surface area contributed by atoms with E-state index in [4.69, 9.17) is 4.74 Å². The Labute approximate surface area is 544 Å². The summed E-state index contributed by atoms with van der Waals surface area (Å²) in [5.74, 6) is -0.0523. The first-order valence-electron chi connectivity index (χ1n) is 39.4. The van der Waals surface area contributed by atoms with Crippen LogP contribution in [-0.4, -0.2) is 47.4 Å². The molecule has 0 aliphatic rings. The molecule has 3 N–H and O–H groups in total. The minimum absolute atomic E-state index is 0.00851. The molecule has 512 valence electrons. The molecule has 0 aromatic heterocycles. The maximum Gasteiger partial charge on any atom is 0.305 e. The van der Waals surface area contributed by atoms with E-state index in [1.807, 2.05) is 6.08 Å². The summed E-state index contributed by atoms with van der Waals surface area (Å²) >= 11 is 0. The number of carbonyl (C=O) groups is 2.